The Morgan fingerprint density at radius 2 is 1.58 bits per heavy atom. The van der Waals surface area contributed by atoms with Crippen LogP contribution in [-0.4, -0.2) is 82.4 Å². The van der Waals surface area contributed by atoms with E-state index in [0.29, 0.717) is 37.1 Å². The molecule has 2 atom stereocenters. The molecule has 0 amide bonds. The normalized spacial score (nSPS) is 15.0. The van der Waals surface area contributed by atoms with Gasteiger partial charge in [-0.2, -0.15) is 0 Å². The average Bonchev–Trinajstić information content (AvgIpc) is 2.65. The number of carboxylic acids is 1. The molecule has 9 nitrogen and oxygen atoms in total. The number of rotatable bonds is 22. The molecule has 0 aromatic heterocycles. The van der Waals surface area contributed by atoms with Gasteiger partial charge in [0.05, 0.1) is 34.4 Å². The number of phosphoric acid groups is 1. The minimum absolute atomic E-state index is 0.0412. The van der Waals surface area contributed by atoms with Crippen molar-refractivity contribution in [2.45, 2.75) is 70.8 Å². The molecule has 0 saturated heterocycles. The van der Waals surface area contributed by atoms with E-state index in [1.54, 1.807) is 0 Å². The van der Waals surface area contributed by atoms with E-state index in [4.69, 9.17) is 23.6 Å². The lowest BCUT2D eigenvalue weighted by Crippen LogP contribution is -2.37. The monoisotopic (exact) mass is 469 g/mol. The molecule has 1 unspecified atom stereocenters. The predicted molar refractivity (Wildman–Crippen MR) is 118 cm³/mol. The van der Waals surface area contributed by atoms with E-state index in [1.807, 2.05) is 21.1 Å². The van der Waals surface area contributed by atoms with E-state index >= 15 is 0 Å². The van der Waals surface area contributed by atoms with Crippen LogP contribution in [0.15, 0.2) is 0 Å². The Hall–Kier alpha value is -0.540. The molecule has 1 N–H and O–H groups in total. The van der Waals surface area contributed by atoms with Crippen molar-refractivity contribution in [1.82, 2.24) is 0 Å². The minimum atomic E-state index is -4.42. The molecule has 0 aliphatic heterocycles. The van der Waals surface area contributed by atoms with E-state index < -0.39 is 19.9 Å². The van der Waals surface area contributed by atoms with Crippen molar-refractivity contribution in [2.75, 3.05) is 60.7 Å². The Kier molecular flexibility index (Phi) is 17.6. The molecule has 0 aromatic carbocycles. The van der Waals surface area contributed by atoms with Gasteiger partial charge in [-0.15, -0.1) is 0 Å². The molecule has 0 fully saturated rings. The summed E-state index contributed by atoms with van der Waals surface area (Å²) in [4.78, 5) is 22.6. The minimum Gasteiger partial charge on any atom is -0.756 e. The van der Waals surface area contributed by atoms with E-state index in [9.17, 15) is 14.3 Å². The number of nitrogens with zero attached hydrogens (tertiary/aromatic N) is 1. The second kappa shape index (κ2) is 18.0. The van der Waals surface area contributed by atoms with Crippen molar-refractivity contribution in [1.29, 1.82) is 0 Å². The number of aliphatic carboxylic acids is 1. The Morgan fingerprint density at radius 1 is 0.935 bits per heavy atom. The van der Waals surface area contributed by atoms with Gasteiger partial charge in [-0.3, -0.25) is 9.36 Å². The predicted octanol–water partition coefficient (Wildman–Crippen LogP) is 3.21. The number of unbranched alkanes of at least 4 members (excludes halogenated alkanes) is 6. The van der Waals surface area contributed by atoms with Crippen molar-refractivity contribution in [2.24, 2.45) is 0 Å². The summed E-state index contributed by atoms with van der Waals surface area (Å²) in [5.74, 6) is -0.847. The lowest BCUT2D eigenvalue weighted by atomic mass is 10.1. The van der Waals surface area contributed by atoms with Gasteiger partial charge in [-0.1, -0.05) is 39.0 Å². The van der Waals surface area contributed by atoms with Crippen molar-refractivity contribution in [3.63, 3.8) is 0 Å². The zero-order chi connectivity index (χ0) is 23.6. The van der Waals surface area contributed by atoms with Crippen molar-refractivity contribution in [3.05, 3.63) is 0 Å². The van der Waals surface area contributed by atoms with Gasteiger partial charge in [0.25, 0.3) is 7.82 Å². The van der Waals surface area contributed by atoms with Gasteiger partial charge in [0, 0.05) is 19.6 Å². The summed E-state index contributed by atoms with van der Waals surface area (Å²) in [6.07, 6.45) is 7.52. The van der Waals surface area contributed by atoms with Crippen LogP contribution >= 0.6 is 7.82 Å². The Labute approximate surface area is 188 Å². The third-order valence-corrected chi connectivity index (χ3v) is 5.48. The fourth-order valence-corrected chi connectivity index (χ4v) is 3.34. The highest BCUT2D eigenvalue weighted by atomic mass is 31.2. The maximum Gasteiger partial charge on any atom is 0.303 e. The molecule has 31 heavy (non-hydrogen) atoms. The Balaban J connectivity index is 4.28. The standard InChI is InChI=1S/C21H44NO8P/c1-5-6-7-8-9-11-15-27-18-20(28-16-12-10-13-21(23)24)19-30-31(25,26)29-17-14-22(2,3)4/h20H,5-19H2,1-4H3,(H-,23,24,25,26)/t20-/m1/s1. The molecule has 0 bridgehead atoms. The molecule has 0 spiro atoms. The lowest BCUT2D eigenvalue weighted by molar-refractivity contribution is -0.870. The maximum atomic E-state index is 12.0. The molecular formula is C21H44NO8P. The van der Waals surface area contributed by atoms with Gasteiger partial charge in [-0.25, -0.2) is 0 Å². The second-order valence-corrected chi connectivity index (χ2v) is 10.2. The van der Waals surface area contributed by atoms with Crippen LogP contribution in [0.5, 0.6) is 0 Å². The third kappa shape index (κ3) is 22.4. The molecule has 0 saturated carbocycles. The van der Waals surface area contributed by atoms with Crippen LogP contribution in [0.25, 0.3) is 0 Å². The molecule has 0 radical (unpaired) electrons. The van der Waals surface area contributed by atoms with Crippen LogP contribution in [0.1, 0.15) is 64.7 Å². The number of hydrogen-bond acceptors (Lipinski definition) is 7. The number of ether oxygens (including phenoxy) is 2. The smallest absolute Gasteiger partial charge is 0.303 e. The SMILES string of the molecule is CCCCCCCCOC[C@H](COP(=O)([O-])OCC[N+](C)(C)C)OCCCCC(=O)O. The molecule has 0 rings (SSSR count). The van der Waals surface area contributed by atoms with E-state index in [0.717, 1.165) is 12.8 Å². The molecule has 10 heteroatoms. The summed E-state index contributed by atoms with van der Waals surface area (Å²) in [6.45, 7) is 3.67. The van der Waals surface area contributed by atoms with Gasteiger partial charge in [0.1, 0.15) is 19.3 Å². The number of likely N-dealkylation sites (N-methyl/N-ethyl adjacent to an activating group) is 1. The quantitative estimate of drug-likeness (QED) is 0.146. The van der Waals surface area contributed by atoms with Crippen LogP contribution < -0.4 is 4.89 Å². The number of carbonyl (C=O) groups is 1. The highest BCUT2D eigenvalue weighted by molar-refractivity contribution is 7.45. The second-order valence-electron chi connectivity index (χ2n) is 8.78. The van der Waals surface area contributed by atoms with Gasteiger partial charge in [-0.05, 0) is 19.3 Å². The van der Waals surface area contributed by atoms with Crippen molar-refractivity contribution in [3.8, 4) is 0 Å². The van der Waals surface area contributed by atoms with Crippen LogP contribution in [-0.2, 0) is 27.9 Å². The summed E-state index contributed by atoms with van der Waals surface area (Å²) >= 11 is 0. The van der Waals surface area contributed by atoms with Gasteiger partial charge < -0.3 is 33.0 Å². The fraction of sp³-hybridized carbons (Fsp3) is 0.952. The molecule has 0 aromatic rings. The van der Waals surface area contributed by atoms with E-state index in [1.165, 1.54) is 25.7 Å². The summed E-state index contributed by atoms with van der Waals surface area (Å²) in [5, 5.41) is 8.69. The fourth-order valence-electron chi connectivity index (χ4n) is 2.61. The zero-order valence-corrected chi connectivity index (χ0v) is 20.8. The van der Waals surface area contributed by atoms with E-state index in [2.05, 4.69) is 6.92 Å². The first-order valence-electron chi connectivity index (χ1n) is 11.4. The number of hydrogen-bond donors (Lipinski definition) is 1. The largest absolute Gasteiger partial charge is 0.756 e. The summed E-state index contributed by atoms with van der Waals surface area (Å²) < 4.78 is 33.8. The molecule has 0 aliphatic carbocycles. The first-order chi connectivity index (χ1) is 14.6. The number of phosphoric ester groups is 1. The van der Waals surface area contributed by atoms with Crippen LogP contribution in [0.3, 0.4) is 0 Å². The molecule has 186 valence electrons. The first kappa shape index (κ1) is 30.5. The summed E-state index contributed by atoms with van der Waals surface area (Å²) in [5.41, 5.74) is 0. The molecule has 0 aliphatic rings. The van der Waals surface area contributed by atoms with Crippen molar-refractivity contribution >= 4 is 13.8 Å². The van der Waals surface area contributed by atoms with Crippen LogP contribution in [0.2, 0.25) is 0 Å². The lowest BCUT2D eigenvalue weighted by Gasteiger charge is -2.28. The molecule has 0 heterocycles. The molecular weight excluding hydrogens is 425 g/mol. The van der Waals surface area contributed by atoms with Crippen LogP contribution in [0, 0.1) is 0 Å². The van der Waals surface area contributed by atoms with E-state index in [-0.39, 0.29) is 26.2 Å². The first-order valence-corrected chi connectivity index (χ1v) is 12.8. The van der Waals surface area contributed by atoms with Gasteiger partial charge in [0.15, 0.2) is 0 Å². The van der Waals surface area contributed by atoms with Crippen molar-refractivity contribution < 1.29 is 42.4 Å². The Bertz CT molecular complexity index is 498. The number of quaternary nitrogens is 1. The maximum absolute atomic E-state index is 12.0. The summed E-state index contributed by atoms with van der Waals surface area (Å²) in [7, 11) is 1.40. The highest BCUT2D eigenvalue weighted by Gasteiger charge is 2.17. The van der Waals surface area contributed by atoms with Gasteiger partial charge in [0.2, 0.25) is 0 Å². The number of carboxylic acid groups (broad SMARTS) is 1. The highest BCUT2D eigenvalue weighted by Crippen LogP contribution is 2.38. The van der Waals surface area contributed by atoms with Gasteiger partial charge >= 0.3 is 5.97 Å². The third-order valence-electron chi connectivity index (χ3n) is 4.51. The Morgan fingerprint density at radius 3 is 2.23 bits per heavy atom. The average molecular weight is 470 g/mol. The van der Waals surface area contributed by atoms with Crippen LogP contribution in [0.4, 0.5) is 0 Å². The zero-order valence-electron chi connectivity index (χ0n) is 19.9. The topological polar surface area (TPSA) is 114 Å². The summed E-state index contributed by atoms with van der Waals surface area (Å²) in [6, 6.07) is 0.